The highest BCUT2D eigenvalue weighted by Gasteiger charge is 2.26. The van der Waals surface area contributed by atoms with E-state index in [1.165, 1.54) is 24.8 Å². The van der Waals surface area contributed by atoms with Gasteiger partial charge in [-0.3, -0.25) is 8.57 Å². The zero-order valence-electron chi connectivity index (χ0n) is 9.23. The van der Waals surface area contributed by atoms with Crippen molar-refractivity contribution in [2.75, 3.05) is 5.08 Å². The van der Waals surface area contributed by atoms with Crippen LogP contribution in [-0.2, 0) is 20.2 Å². The first-order valence-corrected chi connectivity index (χ1v) is 7.83. The molecule has 0 aliphatic heterocycles. The van der Waals surface area contributed by atoms with E-state index in [1.807, 2.05) is 0 Å². The molecule has 12 heteroatoms. The van der Waals surface area contributed by atoms with Crippen molar-refractivity contribution in [1.82, 2.24) is 19.4 Å². The van der Waals surface area contributed by atoms with Gasteiger partial charge < -0.3 is 0 Å². The van der Waals surface area contributed by atoms with Gasteiger partial charge in [-0.05, 0) is 0 Å². The molecule has 0 saturated carbocycles. The Kier molecular flexibility index (Phi) is 3.44. The van der Waals surface area contributed by atoms with Gasteiger partial charge in [0.2, 0.25) is 5.08 Å². The predicted octanol–water partition coefficient (Wildman–Crippen LogP) is -1.75. The Labute approximate surface area is 108 Å². The molecule has 10 nitrogen and oxygen atoms in total. The molecule has 104 valence electrons. The van der Waals surface area contributed by atoms with Crippen LogP contribution >= 0.6 is 0 Å². The van der Waals surface area contributed by atoms with Crippen molar-refractivity contribution in [3.8, 4) is 0 Å². The molecule has 0 atom stereocenters. The summed E-state index contributed by atoms with van der Waals surface area (Å²) >= 11 is 0. The molecule has 2 heterocycles. The maximum atomic E-state index is 11.5. The highest BCUT2D eigenvalue weighted by molar-refractivity contribution is 8.03. The zero-order chi connectivity index (χ0) is 13.9. The van der Waals surface area contributed by atoms with Crippen molar-refractivity contribution in [3.63, 3.8) is 0 Å². The average Bonchev–Trinajstić information content (AvgIpc) is 2.87. The Hall–Kier alpha value is -2.08. The number of aromatic nitrogens is 4. The molecule has 19 heavy (non-hydrogen) atoms. The monoisotopic (exact) mass is 308 g/mol. The number of rotatable bonds is 6. The van der Waals surface area contributed by atoms with Crippen molar-refractivity contribution in [2.24, 2.45) is 0 Å². The lowest BCUT2D eigenvalue weighted by Crippen LogP contribution is -2.31. The minimum Gasteiger partial charge on any atom is -0.286 e. The quantitative estimate of drug-likeness (QED) is 0.616. The smallest absolute Gasteiger partial charge is 0.286 e. The van der Waals surface area contributed by atoms with Crippen LogP contribution in [0.2, 0.25) is 0 Å². The lowest BCUT2D eigenvalue weighted by atomic mass is 11.0. The summed E-state index contributed by atoms with van der Waals surface area (Å²) in [6.07, 6.45) is 7.04. The largest absolute Gasteiger partial charge is 0.345 e. The van der Waals surface area contributed by atoms with Gasteiger partial charge in [-0.25, -0.2) is 9.97 Å². The number of hydrogen-bond acceptors (Lipinski definition) is 8. The van der Waals surface area contributed by atoms with E-state index in [-0.39, 0.29) is 0 Å². The summed E-state index contributed by atoms with van der Waals surface area (Å²) in [7, 11) is -8.78. The minimum atomic E-state index is -4.39. The average molecular weight is 308 g/mol. The molecule has 2 aromatic heterocycles. The maximum absolute atomic E-state index is 11.5. The molecule has 0 aromatic carbocycles. The molecule has 0 aliphatic carbocycles. The van der Waals surface area contributed by atoms with Crippen LogP contribution < -0.4 is 8.57 Å². The van der Waals surface area contributed by atoms with Gasteiger partial charge in [0.15, 0.2) is 0 Å². The van der Waals surface area contributed by atoms with E-state index in [4.69, 9.17) is 0 Å². The van der Waals surface area contributed by atoms with Crippen LogP contribution in [0.4, 0.5) is 0 Å². The third-order valence-corrected chi connectivity index (χ3v) is 4.76. The fourth-order valence-electron chi connectivity index (χ4n) is 1.06. The van der Waals surface area contributed by atoms with Crippen LogP contribution in [0.5, 0.6) is 0 Å². The lowest BCUT2D eigenvalue weighted by Gasteiger charge is -2.07. The topological polar surface area (TPSA) is 122 Å². The summed E-state index contributed by atoms with van der Waals surface area (Å²) in [5.41, 5.74) is 0. The van der Waals surface area contributed by atoms with Crippen molar-refractivity contribution in [3.05, 3.63) is 37.4 Å². The molecule has 2 rings (SSSR count). The normalized spacial score (nSPS) is 12.2. The van der Waals surface area contributed by atoms with Gasteiger partial charge in [-0.15, -0.1) is 0 Å². The highest BCUT2D eigenvalue weighted by Crippen LogP contribution is 1.99. The standard InChI is InChI=1S/C7H8N4O6S2/c12-18(13,16-10-3-1-8-5-10)7-19(14,15)17-11-4-2-9-6-11/h1-6H,7H2. The van der Waals surface area contributed by atoms with Crippen LogP contribution in [0.3, 0.4) is 0 Å². The lowest BCUT2D eigenvalue weighted by molar-refractivity contribution is 0.271. The fraction of sp³-hybridized carbons (Fsp3) is 0.143. The van der Waals surface area contributed by atoms with Crippen molar-refractivity contribution in [2.45, 2.75) is 0 Å². The minimum absolute atomic E-state index is 0.752. The van der Waals surface area contributed by atoms with E-state index in [0.717, 1.165) is 22.1 Å². The third kappa shape index (κ3) is 3.96. The van der Waals surface area contributed by atoms with E-state index < -0.39 is 25.3 Å². The van der Waals surface area contributed by atoms with E-state index in [2.05, 4.69) is 18.5 Å². The molecule has 0 aliphatic rings. The second kappa shape index (κ2) is 4.89. The van der Waals surface area contributed by atoms with Gasteiger partial charge >= 0.3 is 20.2 Å². The molecule has 0 unspecified atom stereocenters. The highest BCUT2D eigenvalue weighted by atomic mass is 32.3. The molecular weight excluding hydrogens is 300 g/mol. The second-order valence-electron chi connectivity index (χ2n) is 3.23. The first-order chi connectivity index (χ1) is 8.86. The third-order valence-electron chi connectivity index (χ3n) is 1.65. The Bertz CT molecular complexity index is 654. The van der Waals surface area contributed by atoms with E-state index in [0.29, 0.717) is 0 Å². The molecule has 0 bridgehead atoms. The van der Waals surface area contributed by atoms with Gasteiger partial charge in [0.25, 0.3) is 0 Å². The van der Waals surface area contributed by atoms with Crippen molar-refractivity contribution < 1.29 is 25.4 Å². The Morgan fingerprint density at radius 3 is 1.58 bits per heavy atom. The molecule has 0 amide bonds. The summed E-state index contributed by atoms with van der Waals surface area (Å²) in [4.78, 5) is 7.09. The summed E-state index contributed by atoms with van der Waals surface area (Å²) in [5.74, 6) is 0. The van der Waals surface area contributed by atoms with E-state index >= 15 is 0 Å². The number of hydrogen-bond donors (Lipinski definition) is 0. The van der Waals surface area contributed by atoms with Crippen molar-refractivity contribution >= 4 is 20.2 Å². The zero-order valence-corrected chi connectivity index (χ0v) is 10.9. The number of imidazole rings is 2. The molecule has 0 saturated heterocycles. The Balaban J connectivity index is 2.07. The van der Waals surface area contributed by atoms with E-state index in [9.17, 15) is 16.8 Å². The molecule has 0 radical (unpaired) electrons. The van der Waals surface area contributed by atoms with E-state index in [1.54, 1.807) is 0 Å². The molecule has 0 fully saturated rings. The summed E-state index contributed by atoms with van der Waals surface area (Å²) in [6.45, 7) is 0. The number of nitrogens with zero attached hydrogens (tertiary/aromatic N) is 4. The molecule has 0 spiro atoms. The summed E-state index contributed by atoms with van der Waals surface area (Å²) < 4.78 is 56.3. The van der Waals surface area contributed by atoms with Crippen LogP contribution in [0, 0.1) is 0 Å². The van der Waals surface area contributed by atoms with Crippen LogP contribution in [0.25, 0.3) is 0 Å². The molecular formula is C7H8N4O6S2. The van der Waals surface area contributed by atoms with Crippen LogP contribution in [0.1, 0.15) is 0 Å². The van der Waals surface area contributed by atoms with Crippen LogP contribution in [-0.4, -0.2) is 41.3 Å². The SMILES string of the molecule is O=S(=O)(CS(=O)(=O)On1ccnc1)On1ccnc1. The molecule has 2 aromatic rings. The van der Waals surface area contributed by atoms with Gasteiger partial charge in [-0.1, -0.05) is 0 Å². The van der Waals surface area contributed by atoms with Crippen LogP contribution in [0.15, 0.2) is 37.4 Å². The fourth-order valence-corrected chi connectivity index (χ4v) is 3.52. The second-order valence-corrected chi connectivity index (χ2v) is 6.70. The first kappa shape index (κ1) is 13.4. The Morgan fingerprint density at radius 2 is 1.26 bits per heavy atom. The van der Waals surface area contributed by atoms with Gasteiger partial charge in [0.1, 0.15) is 12.7 Å². The summed E-state index contributed by atoms with van der Waals surface area (Å²) in [6, 6.07) is 0. The predicted molar refractivity (Wildman–Crippen MR) is 60.3 cm³/mol. The van der Waals surface area contributed by atoms with Gasteiger partial charge in [0, 0.05) is 12.4 Å². The Morgan fingerprint density at radius 1 is 0.842 bits per heavy atom. The van der Waals surface area contributed by atoms with Gasteiger partial charge in [0.05, 0.1) is 12.4 Å². The summed E-state index contributed by atoms with van der Waals surface area (Å²) in [5, 5.41) is -1.35. The first-order valence-electron chi connectivity index (χ1n) is 4.67. The van der Waals surface area contributed by atoms with Gasteiger partial charge in [-0.2, -0.15) is 26.3 Å². The van der Waals surface area contributed by atoms with Crippen molar-refractivity contribution in [1.29, 1.82) is 0 Å². The maximum Gasteiger partial charge on any atom is 0.345 e. The molecule has 0 N–H and O–H groups in total.